The Labute approximate surface area is 214 Å². The van der Waals surface area contributed by atoms with E-state index in [0.29, 0.717) is 17.9 Å². The lowest BCUT2D eigenvalue weighted by atomic mass is 10.1. The molecule has 0 N–H and O–H groups in total. The van der Waals surface area contributed by atoms with E-state index in [1.165, 1.54) is 34.0 Å². The minimum atomic E-state index is -0.534. The van der Waals surface area contributed by atoms with Gasteiger partial charge in [0.2, 0.25) is 0 Å². The second kappa shape index (κ2) is 12.5. The molecule has 0 saturated carbocycles. The zero-order valence-electron chi connectivity index (χ0n) is 20.4. The predicted molar refractivity (Wildman–Crippen MR) is 144 cm³/mol. The standard InChI is InChI=1S/C27H31N3O5S/c1-2-34-27(31)11-9-21-8-10-22(20-25(21)30(32)33)35-18-4-3-13-28-14-16-29(17-15-28)24-6-5-7-26-23(24)12-19-36-26/h5-12,19-20H,2-4,13-18H2,1H3/b11-9+. The van der Waals surface area contributed by atoms with Crippen LogP contribution in [0.2, 0.25) is 0 Å². The monoisotopic (exact) mass is 509 g/mol. The van der Waals surface area contributed by atoms with Crippen molar-refractivity contribution < 1.29 is 19.2 Å². The SMILES string of the molecule is CCOC(=O)/C=C/c1ccc(OCCCCN2CCN(c3cccc4sccc34)CC2)cc1[N+](=O)[O-]. The molecule has 1 fully saturated rings. The normalized spacial score (nSPS) is 14.4. The van der Waals surface area contributed by atoms with Gasteiger partial charge in [0.25, 0.3) is 5.69 Å². The maximum Gasteiger partial charge on any atom is 0.330 e. The van der Waals surface area contributed by atoms with Gasteiger partial charge in [-0.2, -0.15) is 0 Å². The Balaban J connectivity index is 1.19. The van der Waals surface area contributed by atoms with E-state index in [1.807, 2.05) is 0 Å². The summed E-state index contributed by atoms with van der Waals surface area (Å²) < 4.78 is 11.9. The number of thiophene rings is 1. The zero-order chi connectivity index (χ0) is 25.3. The Bertz CT molecular complexity index is 1220. The molecule has 4 rings (SSSR count). The molecule has 8 nitrogen and oxygen atoms in total. The Morgan fingerprint density at radius 3 is 2.75 bits per heavy atom. The molecular formula is C27H31N3O5S. The number of nitro groups is 1. The van der Waals surface area contributed by atoms with Crippen LogP contribution in [0.3, 0.4) is 0 Å². The van der Waals surface area contributed by atoms with E-state index in [0.717, 1.165) is 45.6 Å². The summed E-state index contributed by atoms with van der Waals surface area (Å²) >= 11 is 1.79. The zero-order valence-corrected chi connectivity index (χ0v) is 21.2. The number of carbonyl (C=O) groups is 1. The van der Waals surface area contributed by atoms with Crippen LogP contribution in [0.5, 0.6) is 5.75 Å². The van der Waals surface area contributed by atoms with Crippen molar-refractivity contribution in [3.05, 3.63) is 69.6 Å². The van der Waals surface area contributed by atoms with Crippen LogP contribution in [0.15, 0.2) is 53.9 Å². The summed E-state index contributed by atoms with van der Waals surface area (Å²) in [6, 6.07) is 13.4. The van der Waals surface area contributed by atoms with Crippen LogP contribution >= 0.6 is 11.3 Å². The van der Waals surface area contributed by atoms with E-state index in [1.54, 1.807) is 30.4 Å². The van der Waals surface area contributed by atoms with Gasteiger partial charge in [0, 0.05) is 48.0 Å². The molecule has 0 bridgehead atoms. The molecule has 1 aliphatic rings. The number of piperazine rings is 1. The van der Waals surface area contributed by atoms with Gasteiger partial charge in [0.05, 0.1) is 29.8 Å². The van der Waals surface area contributed by atoms with Crippen molar-refractivity contribution >= 4 is 44.8 Å². The third-order valence-corrected chi connectivity index (χ3v) is 7.09. The van der Waals surface area contributed by atoms with Crippen molar-refractivity contribution in [2.24, 2.45) is 0 Å². The summed E-state index contributed by atoms with van der Waals surface area (Å²) in [6.07, 6.45) is 4.45. The fourth-order valence-electron chi connectivity index (χ4n) is 4.35. The average Bonchev–Trinajstić information content (AvgIpc) is 3.37. The fourth-order valence-corrected chi connectivity index (χ4v) is 5.16. The lowest BCUT2D eigenvalue weighted by Gasteiger charge is -2.36. The highest BCUT2D eigenvalue weighted by atomic mass is 32.1. The molecule has 1 saturated heterocycles. The van der Waals surface area contributed by atoms with Gasteiger partial charge in [0.1, 0.15) is 5.75 Å². The number of carbonyl (C=O) groups excluding carboxylic acids is 1. The van der Waals surface area contributed by atoms with Crippen molar-refractivity contribution in [1.82, 2.24) is 4.90 Å². The van der Waals surface area contributed by atoms with Crippen LogP contribution in [0.1, 0.15) is 25.3 Å². The quantitative estimate of drug-likeness (QED) is 0.113. The maximum atomic E-state index is 11.5. The van der Waals surface area contributed by atoms with Crippen molar-refractivity contribution in [2.45, 2.75) is 19.8 Å². The second-order valence-electron chi connectivity index (χ2n) is 8.56. The van der Waals surface area contributed by atoms with E-state index < -0.39 is 10.9 Å². The van der Waals surface area contributed by atoms with Crippen LogP contribution in [-0.2, 0) is 9.53 Å². The van der Waals surface area contributed by atoms with E-state index in [9.17, 15) is 14.9 Å². The Morgan fingerprint density at radius 2 is 1.97 bits per heavy atom. The summed E-state index contributed by atoms with van der Waals surface area (Å²) in [4.78, 5) is 27.4. The predicted octanol–water partition coefficient (Wildman–Crippen LogP) is 5.37. The number of hydrogen-bond donors (Lipinski definition) is 0. The highest BCUT2D eigenvalue weighted by Crippen LogP contribution is 2.31. The highest BCUT2D eigenvalue weighted by molar-refractivity contribution is 7.17. The topological polar surface area (TPSA) is 85.2 Å². The molecule has 2 aromatic carbocycles. The first kappa shape index (κ1) is 25.7. The van der Waals surface area contributed by atoms with Gasteiger partial charge in [-0.3, -0.25) is 15.0 Å². The summed E-state index contributed by atoms with van der Waals surface area (Å²) in [5, 5.41) is 15.0. The number of unbranched alkanes of at least 4 members (excludes halogenated alkanes) is 1. The highest BCUT2D eigenvalue weighted by Gasteiger charge is 2.19. The van der Waals surface area contributed by atoms with Gasteiger partial charge in [0.15, 0.2) is 0 Å². The summed E-state index contributed by atoms with van der Waals surface area (Å²) in [6.45, 7) is 7.57. The number of rotatable bonds is 11. The summed E-state index contributed by atoms with van der Waals surface area (Å²) in [7, 11) is 0. The van der Waals surface area contributed by atoms with Gasteiger partial charge in [-0.1, -0.05) is 6.07 Å². The molecular weight excluding hydrogens is 478 g/mol. The fraction of sp³-hybridized carbons (Fsp3) is 0.370. The molecule has 36 heavy (non-hydrogen) atoms. The Kier molecular flexibility index (Phi) is 8.91. The average molecular weight is 510 g/mol. The van der Waals surface area contributed by atoms with Crippen LogP contribution < -0.4 is 9.64 Å². The molecule has 0 aliphatic carbocycles. The van der Waals surface area contributed by atoms with E-state index in [4.69, 9.17) is 9.47 Å². The van der Waals surface area contributed by atoms with Crippen molar-refractivity contribution in [3.63, 3.8) is 0 Å². The van der Waals surface area contributed by atoms with Crippen molar-refractivity contribution in [3.8, 4) is 5.75 Å². The number of anilines is 1. The second-order valence-corrected chi connectivity index (χ2v) is 9.50. The molecule has 1 aliphatic heterocycles. The molecule has 0 radical (unpaired) electrons. The molecule has 0 unspecified atom stereocenters. The molecule has 1 aromatic heterocycles. The van der Waals surface area contributed by atoms with Crippen LogP contribution in [0.4, 0.5) is 11.4 Å². The number of ether oxygens (including phenoxy) is 2. The van der Waals surface area contributed by atoms with E-state index in [2.05, 4.69) is 39.4 Å². The Morgan fingerprint density at radius 1 is 1.14 bits per heavy atom. The van der Waals surface area contributed by atoms with Gasteiger partial charge in [-0.15, -0.1) is 11.3 Å². The Hall–Kier alpha value is -3.43. The number of nitro benzene ring substituents is 1. The number of esters is 1. The van der Waals surface area contributed by atoms with E-state index in [-0.39, 0.29) is 12.3 Å². The van der Waals surface area contributed by atoms with Crippen molar-refractivity contribution in [1.29, 1.82) is 0 Å². The first-order chi connectivity index (χ1) is 17.5. The van der Waals surface area contributed by atoms with Crippen LogP contribution in [0, 0.1) is 10.1 Å². The minimum absolute atomic E-state index is 0.107. The third-order valence-electron chi connectivity index (χ3n) is 6.21. The number of fused-ring (bicyclic) bond motifs is 1. The van der Waals surface area contributed by atoms with Gasteiger partial charge < -0.3 is 14.4 Å². The van der Waals surface area contributed by atoms with Gasteiger partial charge >= 0.3 is 5.97 Å². The van der Waals surface area contributed by atoms with Gasteiger partial charge in [-0.25, -0.2) is 4.79 Å². The third kappa shape index (κ3) is 6.61. The smallest absolute Gasteiger partial charge is 0.330 e. The summed E-state index contributed by atoms with van der Waals surface area (Å²) in [5.74, 6) is -0.0837. The van der Waals surface area contributed by atoms with Crippen LogP contribution in [0.25, 0.3) is 16.2 Å². The molecule has 2 heterocycles. The van der Waals surface area contributed by atoms with Crippen molar-refractivity contribution in [2.75, 3.05) is 50.8 Å². The first-order valence-corrected chi connectivity index (χ1v) is 13.1. The minimum Gasteiger partial charge on any atom is -0.493 e. The molecule has 0 atom stereocenters. The maximum absolute atomic E-state index is 11.5. The largest absolute Gasteiger partial charge is 0.493 e. The molecule has 0 amide bonds. The van der Waals surface area contributed by atoms with E-state index >= 15 is 0 Å². The molecule has 3 aromatic rings. The molecule has 9 heteroatoms. The molecule has 0 spiro atoms. The first-order valence-electron chi connectivity index (χ1n) is 12.2. The van der Waals surface area contributed by atoms with Crippen LogP contribution in [-0.4, -0.2) is 61.7 Å². The van der Waals surface area contributed by atoms with Gasteiger partial charge in [-0.05, 0) is 68.1 Å². The number of hydrogen-bond acceptors (Lipinski definition) is 8. The lowest BCUT2D eigenvalue weighted by Crippen LogP contribution is -2.46. The molecule has 190 valence electrons. The number of nitrogens with zero attached hydrogens (tertiary/aromatic N) is 3. The lowest BCUT2D eigenvalue weighted by molar-refractivity contribution is -0.385. The number of benzene rings is 2. The summed E-state index contributed by atoms with van der Waals surface area (Å²) in [5.41, 5.74) is 1.55.